The molecule has 2 aliphatic carbocycles. The van der Waals surface area contributed by atoms with Gasteiger partial charge in [0.2, 0.25) is 11.6 Å². The third kappa shape index (κ3) is 4.27. The number of rotatable bonds is 5. The van der Waals surface area contributed by atoms with Gasteiger partial charge in [0.15, 0.2) is 23.1 Å². The predicted octanol–water partition coefficient (Wildman–Crippen LogP) is 2.12. The number of hydrogen-bond acceptors (Lipinski definition) is 11. The average molecular weight is 648 g/mol. The van der Waals surface area contributed by atoms with Crippen LogP contribution in [0.5, 0.6) is 0 Å². The van der Waals surface area contributed by atoms with E-state index in [0.717, 1.165) is 5.39 Å². The van der Waals surface area contributed by atoms with Crippen molar-refractivity contribution in [1.82, 2.24) is 20.1 Å². The zero-order chi connectivity index (χ0) is 34.2. The SMILES string of the molecule is COC1=C(C)C(=O)C2=C(C1=O)[C@@H]1[C@@H]3CC4=C(C(=O)C(OC)=C(C)C4=O)[C@H](CNC(=O)c4nccc5ccccc45)N3[C@@H](C#N)[C@H](C2)N1C. The number of ketones is 4. The molecule has 0 unspecified atom stereocenters. The molecular weight excluding hydrogens is 614 g/mol. The Morgan fingerprint density at radius 3 is 2.17 bits per heavy atom. The molecule has 1 amide bonds. The first-order valence-corrected chi connectivity index (χ1v) is 15.7. The highest BCUT2D eigenvalue weighted by Gasteiger charge is 2.59. The molecule has 1 aromatic carbocycles. The summed E-state index contributed by atoms with van der Waals surface area (Å²) in [5.74, 6) is -2.19. The van der Waals surface area contributed by atoms with Crippen molar-refractivity contribution >= 4 is 39.8 Å². The predicted molar refractivity (Wildman–Crippen MR) is 171 cm³/mol. The molecular formula is C36H33N5O7. The maximum atomic E-state index is 14.1. The van der Waals surface area contributed by atoms with Crippen molar-refractivity contribution in [2.24, 2.45) is 0 Å². The Bertz CT molecular complexity index is 2040. The molecule has 1 saturated heterocycles. The number of nitriles is 1. The Kier molecular flexibility index (Phi) is 7.49. The summed E-state index contributed by atoms with van der Waals surface area (Å²) in [6, 6.07) is 7.82. The van der Waals surface area contributed by atoms with Crippen LogP contribution in [0.2, 0.25) is 0 Å². The van der Waals surface area contributed by atoms with E-state index in [4.69, 9.17) is 9.47 Å². The molecule has 2 bridgehead atoms. The number of amides is 1. The summed E-state index contributed by atoms with van der Waals surface area (Å²) in [4.78, 5) is 77.5. The first-order chi connectivity index (χ1) is 23.0. The highest BCUT2D eigenvalue weighted by atomic mass is 16.5. The average Bonchev–Trinajstić information content (AvgIpc) is 3.08. The number of aromatic nitrogens is 1. The van der Waals surface area contributed by atoms with Gasteiger partial charge in [-0.05, 0) is 45.2 Å². The van der Waals surface area contributed by atoms with Crippen molar-refractivity contribution in [3.63, 3.8) is 0 Å². The third-order valence-electron chi connectivity index (χ3n) is 10.6. The van der Waals surface area contributed by atoms with E-state index >= 15 is 0 Å². The largest absolute Gasteiger partial charge is 0.492 e. The van der Waals surface area contributed by atoms with Gasteiger partial charge in [-0.15, -0.1) is 0 Å². The fraction of sp³-hybridized carbons (Fsp3) is 0.361. The second-order valence-corrected chi connectivity index (χ2v) is 12.7. The molecule has 5 aliphatic rings. The summed E-state index contributed by atoms with van der Waals surface area (Å²) in [5.41, 5.74) is 1.58. The Labute approximate surface area is 276 Å². The number of pyridine rings is 1. The standard InChI is InChI=1S/C36H33N5O7/c1-16-30(42)20-13-23-29-27-21(31(43)17(2)35(48-5)33(27)45)12-22(40(29)3)24(14-37)41(23)25(26(20)32(44)34(16)47-4)15-39-36(46)28-19-9-7-6-8-18(19)10-11-38-28/h6-11,22-25,29H,12-13,15H2,1-5H3,(H,39,46)/t22-,23-,24-,25-,29-/m0/s1. The monoisotopic (exact) mass is 647 g/mol. The highest BCUT2D eigenvalue weighted by molar-refractivity contribution is 6.26. The van der Waals surface area contributed by atoms with Crippen LogP contribution in [0.4, 0.5) is 0 Å². The molecule has 244 valence electrons. The van der Waals surface area contributed by atoms with Crippen LogP contribution in [-0.4, -0.2) is 102 Å². The van der Waals surface area contributed by atoms with Gasteiger partial charge in [-0.2, -0.15) is 5.26 Å². The van der Waals surface area contributed by atoms with Crippen LogP contribution in [-0.2, 0) is 28.7 Å². The molecule has 12 nitrogen and oxygen atoms in total. The van der Waals surface area contributed by atoms with Crippen LogP contribution in [0.1, 0.15) is 37.2 Å². The van der Waals surface area contributed by atoms with E-state index in [1.807, 2.05) is 35.0 Å². The van der Waals surface area contributed by atoms with E-state index in [2.05, 4.69) is 16.4 Å². The normalized spacial score (nSPS) is 27.5. The third-order valence-corrected chi connectivity index (χ3v) is 10.6. The highest BCUT2D eigenvalue weighted by Crippen LogP contribution is 2.49. The summed E-state index contributed by atoms with van der Waals surface area (Å²) >= 11 is 0. The first kappa shape index (κ1) is 31.4. The minimum Gasteiger partial charge on any atom is -0.492 e. The molecule has 7 rings (SSSR count). The number of Topliss-reactive ketones (excluding diaryl/α,β-unsaturated/α-hetero) is 4. The second-order valence-electron chi connectivity index (χ2n) is 12.7. The summed E-state index contributed by atoms with van der Waals surface area (Å²) in [6.45, 7) is 2.94. The van der Waals surface area contributed by atoms with Crippen LogP contribution in [0, 0.1) is 11.3 Å². The second kappa shape index (κ2) is 11.5. The molecule has 1 aromatic heterocycles. The van der Waals surface area contributed by atoms with Gasteiger partial charge >= 0.3 is 0 Å². The minimum absolute atomic E-state index is 0.0332. The Morgan fingerprint density at radius 2 is 1.52 bits per heavy atom. The van der Waals surface area contributed by atoms with E-state index < -0.39 is 47.7 Å². The summed E-state index contributed by atoms with van der Waals surface area (Å²) < 4.78 is 10.8. The number of benzene rings is 1. The van der Waals surface area contributed by atoms with E-state index in [0.29, 0.717) is 11.0 Å². The number of ether oxygens (including phenoxy) is 2. The minimum atomic E-state index is -0.938. The van der Waals surface area contributed by atoms with Gasteiger partial charge in [0.25, 0.3) is 5.91 Å². The van der Waals surface area contributed by atoms with Crippen LogP contribution in [0.15, 0.2) is 81.5 Å². The van der Waals surface area contributed by atoms with Crippen molar-refractivity contribution in [2.45, 2.75) is 56.9 Å². The van der Waals surface area contributed by atoms with Crippen molar-refractivity contribution in [1.29, 1.82) is 5.26 Å². The van der Waals surface area contributed by atoms with Gasteiger partial charge in [0, 0.05) is 63.7 Å². The number of allylic oxidation sites excluding steroid dienone is 4. The molecule has 48 heavy (non-hydrogen) atoms. The molecule has 1 fully saturated rings. The number of nitrogens with one attached hydrogen (secondary N) is 1. The molecule has 0 saturated carbocycles. The fourth-order valence-corrected chi connectivity index (χ4v) is 8.39. The zero-order valence-corrected chi connectivity index (χ0v) is 27.1. The molecule has 1 N–H and O–H groups in total. The molecule has 12 heteroatoms. The first-order valence-electron chi connectivity index (χ1n) is 15.7. The van der Waals surface area contributed by atoms with Crippen LogP contribution in [0.3, 0.4) is 0 Å². The fourth-order valence-electron chi connectivity index (χ4n) is 8.39. The Balaban J connectivity index is 1.36. The van der Waals surface area contributed by atoms with Gasteiger partial charge in [0.1, 0.15) is 11.7 Å². The smallest absolute Gasteiger partial charge is 0.270 e. The lowest BCUT2D eigenvalue weighted by molar-refractivity contribution is -0.125. The number of nitrogens with zero attached hydrogens (tertiary/aromatic N) is 4. The molecule has 0 spiro atoms. The number of hydrogen-bond donors (Lipinski definition) is 1. The van der Waals surface area contributed by atoms with E-state index in [1.165, 1.54) is 21.1 Å². The Morgan fingerprint density at radius 1 is 0.917 bits per heavy atom. The number of methoxy groups -OCH3 is 2. The maximum Gasteiger partial charge on any atom is 0.270 e. The van der Waals surface area contributed by atoms with Gasteiger partial charge in [-0.25, -0.2) is 0 Å². The van der Waals surface area contributed by atoms with Gasteiger partial charge < -0.3 is 14.8 Å². The van der Waals surface area contributed by atoms with Crippen molar-refractivity contribution in [3.05, 3.63) is 87.2 Å². The number of carbonyl (C=O) groups excluding carboxylic acids is 5. The molecule has 3 aliphatic heterocycles. The summed E-state index contributed by atoms with van der Waals surface area (Å²) in [7, 11) is 4.48. The summed E-state index contributed by atoms with van der Waals surface area (Å²) in [5, 5.41) is 15.1. The van der Waals surface area contributed by atoms with Gasteiger partial charge in [-0.3, -0.25) is 38.8 Å². The Hall–Kier alpha value is -5.25. The molecule has 0 radical (unpaired) electrons. The molecule has 2 aromatic rings. The van der Waals surface area contributed by atoms with E-state index in [-0.39, 0.29) is 76.0 Å². The topological polar surface area (TPSA) is 159 Å². The van der Waals surface area contributed by atoms with Gasteiger partial charge in [-0.1, -0.05) is 24.3 Å². The van der Waals surface area contributed by atoms with Crippen LogP contribution >= 0.6 is 0 Å². The van der Waals surface area contributed by atoms with Crippen molar-refractivity contribution in [3.8, 4) is 6.07 Å². The maximum absolute atomic E-state index is 14.1. The number of piperazine rings is 1. The van der Waals surface area contributed by atoms with Gasteiger partial charge in [0.05, 0.1) is 32.4 Å². The number of fused-ring (bicyclic) bond motifs is 6. The molecule has 5 atom stereocenters. The number of likely N-dealkylation sites (N-methyl/N-ethyl adjacent to an activating group) is 1. The van der Waals surface area contributed by atoms with E-state index in [1.54, 1.807) is 25.3 Å². The van der Waals surface area contributed by atoms with Crippen LogP contribution < -0.4 is 5.32 Å². The lowest BCUT2D eigenvalue weighted by Crippen LogP contribution is -2.74. The lowest BCUT2D eigenvalue weighted by atomic mass is 9.67. The number of carbonyl (C=O) groups is 5. The lowest BCUT2D eigenvalue weighted by Gasteiger charge is -2.60. The van der Waals surface area contributed by atoms with E-state index in [9.17, 15) is 29.2 Å². The summed E-state index contributed by atoms with van der Waals surface area (Å²) in [6.07, 6.45) is 1.71. The van der Waals surface area contributed by atoms with Crippen molar-refractivity contribution in [2.75, 3.05) is 27.8 Å². The quantitative estimate of drug-likeness (QED) is 0.474. The van der Waals surface area contributed by atoms with Crippen LogP contribution in [0.25, 0.3) is 10.8 Å². The molecule has 4 heterocycles. The van der Waals surface area contributed by atoms with Crippen molar-refractivity contribution < 1.29 is 33.4 Å². The zero-order valence-electron chi connectivity index (χ0n) is 27.1.